The number of aromatic nitrogens is 2. The van der Waals surface area contributed by atoms with E-state index in [-0.39, 0.29) is 10.4 Å². The van der Waals surface area contributed by atoms with Crippen LogP contribution in [0.3, 0.4) is 0 Å². The molecule has 2 heterocycles. The summed E-state index contributed by atoms with van der Waals surface area (Å²) < 4.78 is 1.94. The Morgan fingerprint density at radius 3 is 2.55 bits per heavy atom. The van der Waals surface area contributed by atoms with Crippen LogP contribution in [0.15, 0.2) is 72.6 Å². The molecule has 0 saturated heterocycles. The fourth-order valence-electron chi connectivity index (χ4n) is 3.21. The Kier molecular flexibility index (Phi) is 7.41. The van der Waals surface area contributed by atoms with Crippen molar-refractivity contribution in [2.45, 2.75) is 18.2 Å². The van der Waals surface area contributed by atoms with Crippen LogP contribution in [0.25, 0.3) is 0 Å². The first-order chi connectivity index (χ1) is 15.0. The second kappa shape index (κ2) is 10.2. The normalized spacial score (nSPS) is 12.1. The summed E-state index contributed by atoms with van der Waals surface area (Å²) in [5.74, 6) is 0. The van der Waals surface area contributed by atoms with Crippen molar-refractivity contribution >= 4 is 63.0 Å². The van der Waals surface area contributed by atoms with Gasteiger partial charge in [-0.1, -0.05) is 64.8 Å². The molecular weight excluding hydrogens is 491 g/mol. The highest BCUT2D eigenvalue weighted by atomic mass is 35.5. The molecule has 3 nitrogen and oxygen atoms in total. The molecule has 4 aromatic rings. The van der Waals surface area contributed by atoms with Crippen LogP contribution in [0.5, 0.6) is 0 Å². The van der Waals surface area contributed by atoms with E-state index < -0.39 is 0 Å². The number of rotatable bonds is 7. The Labute approximate surface area is 204 Å². The lowest BCUT2D eigenvalue weighted by Gasteiger charge is -2.18. The number of halogens is 3. The molecule has 2 aromatic carbocycles. The van der Waals surface area contributed by atoms with Gasteiger partial charge < -0.3 is 4.57 Å². The van der Waals surface area contributed by atoms with Crippen LogP contribution in [0, 0.1) is 0 Å². The molecule has 31 heavy (non-hydrogen) atoms. The maximum atomic E-state index is 13.3. The summed E-state index contributed by atoms with van der Waals surface area (Å²) in [7, 11) is 0. The van der Waals surface area contributed by atoms with Crippen LogP contribution >= 0.6 is 57.9 Å². The van der Waals surface area contributed by atoms with Gasteiger partial charge in [0, 0.05) is 34.0 Å². The zero-order valence-corrected chi connectivity index (χ0v) is 20.1. The average Bonchev–Trinajstić information content (AvgIpc) is 3.41. The van der Waals surface area contributed by atoms with Gasteiger partial charge in [0.25, 0.3) is 0 Å². The number of hydrogen-bond donors (Lipinski definition) is 0. The van der Waals surface area contributed by atoms with Gasteiger partial charge in [0.1, 0.15) is 0 Å². The summed E-state index contributed by atoms with van der Waals surface area (Å²) in [5, 5.41) is 3.61. The number of nitrogens with zero attached hydrogens (tertiary/aromatic N) is 2. The van der Waals surface area contributed by atoms with Crippen molar-refractivity contribution in [3.05, 3.63) is 109 Å². The predicted molar refractivity (Wildman–Crippen MR) is 132 cm³/mol. The van der Waals surface area contributed by atoms with Gasteiger partial charge in [-0.3, -0.25) is 4.79 Å². The lowest BCUT2D eigenvalue weighted by atomic mass is 10.1. The zero-order chi connectivity index (χ0) is 21.8. The first kappa shape index (κ1) is 22.4. The van der Waals surface area contributed by atoms with E-state index in [2.05, 4.69) is 4.98 Å². The standard InChI is InChI=1S/C23H17Cl3N2OS2/c24-17-3-1-15(2-4-17)11-16-7-10-30-22(16)23(29)31-21(13-28-9-8-27-14-28)19-6-5-18(25)12-20(19)26/h1-10,12,14,21H,11,13H2. The number of imidazole rings is 1. The fraction of sp³-hybridized carbons (Fsp3) is 0.130. The highest BCUT2D eigenvalue weighted by Crippen LogP contribution is 2.39. The summed E-state index contributed by atoms with van der Waals surface area (Å²) >= 11 is 21.3. The van der Waals surface area contributed by atoms with E-state index in [4.69, 9.17) is 34.8 Å². The molecule has 0 saturated carbocycles. The van der Waals surface area contributed by atoms with Crippen molar-refractivity contribution < 1.29 is 4.79 Å². The number of benzene rings is 2. The van der Waals surface area contributed by atoms with Crippen LogP contribution in [-0.2, 0) is 13.0 Å². The van der Waals surface area contributed by atoms with E-state index in [0.29, 0.717) is 28.0 Å². The summed E-state index contributed by atoms with van der Waals surface area (Å²) in [4.78, 5) is 18.2. The van der Waals surface area contributed by atoms with Crippen LogP contribution in [-0.4, -0.2) is 14.7 Å². The molecule has 0 fully saturated rings. The third-order valence-electron chi connectivity index (χ3n) is 4.73. The second-order valence-corrected chi connectivity index (χ2v) is 10.3. The number of thiophene rings is 1. The van der Waals surface area contributed by atoms with E-state index >= 15 is 0 Å². The molecule has 0 bridgehead atoms. The Morgan fingerprint density at radius 1 is 1.06 bits per heavy atom. The lowest BCUT2D eigenvalue weighted by Crippen LogP contribution is -2.09. The monoisotopic (exact) mass is 506 g/mol. The number of hydrogen-bond acceptors (Lipinski definition) is 4. The van der Waals surface area contributed by atoms with Gasteiger partial charge in [0.05, 0.1) is 16.5 Å². The summed E-state index contributed by atoms with van der Waals surface area (Å²) in [6, 6.07) is 15.1. The van der Waals surface area contributed by atoms with Gasteiger partial charge in [-0.25, -0.2) is 4.98 Å². The molecular formula is C23H17Cl3N2OS2. The zero-order valence-electron chi connectivity index (χ0n) is 16.2. The van der Waals surface area contributed by atoms with Crippen molar-refractivity contribution in [1.82, 2.24) is 9.55 Å². The summed E-state index contributed by atoms with van der Waals surface area (Å²) in [5.41, 5.74) is 2.99. The van der Waals surface area contributed by atoms with Crippen LogP contribution in [0.4, 0.5) is 0 Å². The summed E-state index contributed by atoms with van der Waals surface area (Å²) in [6.07, 6.45) is 6.00. The minimum atomic E-state index is -0.183. The quantitative estimate of drug-likeness (QED) is 0.256. The van der Waals surface area contributed by atoms with E-state index in [1.54, 1.807) is 24.7 Å². The second-order valence-electron chi connectivity index (χ2n) is 6.90. The van der Waals surface area contributed by atoms with E-state index in [1.807, 2.05) is 52.5 Å². The van der Waals surface area contributed by atoms with E-state index in [1.165, 1.54) is 23.1 Å². The van der Waals surface area contributed by atoms with Crippen molar-refractivity contribution in [3.63, 3.8) is 0 Å². The number of carbonyl (C=O) groups is 1. The number of carbonyl (C=O) groups excluding carboxylic acids is 1. The van der Waals surface area contributed by atoms with Crippen LogP contribution in [0.1, 0.15) is 31.6 Å². The van der Waals surface area contributed by atoms with Crippen LogP contribution < -0.4 is 0 Å². The maximum absolute atomic E-state index is 13.3. The molecule has 0 spiro atoms. The smallest absolute Gasteiger partial charge is 0.230 e. The molecule has 2 aromatic heterocycles. The Hall–Kier alpha value is -1.76. The van der Waals surface area contributed by atoms with Crippen molar-refractivity contribution in [3.8, 4) is 0 Å². The fourth-order valence-corrected chi connectivity index (χ4v) is 6.06. The first-order valence-electron chi connectivity index (χ1n) is 9.42. The molecule has 0 N–H and O–H groups in total. The molecule has 0 amide bonds. The SMILES string of the molecule is O=C(SC(Cn1ccnc1)c1ccc(Cl)cc1Cl)c1sccc1Cc1ccc(Cl)cc1. The summed E-state index contributed by atoms with van der Waals surface area (Å²) in [6.45, 7) is 0.565. The number of thioether (sulfide) groups is 1. The third kappa shape index (κ3) is 5.73. The van der Waals surface area contributed by atoms with Gasteiger partial charge in [-0.15, -0.1) is 11.3 Å². The van der Waals surface area contributed by atoms with Crippen molar-refractivity contribution in [2.75, 3.05) is 0 Å². The lowest BCUT2D eigenvalue weighted by molar-refractivity contribution is 0.109. The Balaban J connectivity index is 1.58. The minimum absolute atomic E-state index is 0.0232. The largest absolute Gasteiger partial charge is 0.336 e. The molecule has 1 unspecified atom stereocenters. The Morgan fingerprint density at radius 2 is 1.84 bits per heavy atom. The topological polar surface area (TPSA) is 34.9 Å². The van der Waals surface area contributed by atoms with Gasteiger partial charge >= 0.3 is 0 Å². The highest BCUT2D eigenvalue weighted by molar-refractivity contribution is 8.14. The molecule has 1 atom stereocenters. The van der Waals surface area contributed by atoms with E-state index in [0.717, 1.165) is 21.6 Å². The molecule has 158 valence electrons. The van der Waals surface area contributed by atoms with Crippen molar-refractivity contribution in [1.29, 1.82) is 0 Å². The van der Waals surface area contributed by atoms with Gasteiger partial charge in [0.2, 0.25) is 5.12 Å². The van der Waals surface area contributed by atoms with E-state index in [9.17, 15) is 4.79 Å². The third-order valence-corrected chi connectivity index (χ3v) is 7.74. The van der Waals surface area contributed by atoms with Crippen LogP contribution in [0.2, 0.25) is 15.1 Å². The molecule has 4 rings (SSSR count). The molecule has 0 radical (unpaired) electrons. The highest BCUT2D eigenvalue weighted by Gasteiger charge is 2.23. The first-order valence-corrected chi connectivity index (χ1v) is 12.3. The minimum Gasteiger partial charge on any atom is -0.336 e. The van der Waals surface area contributed by atoms with Crippen molar-refractivity contribution in [2.24, 2.45) is 0 Å². The maximum Gasteiger partial charge on any atom is 0.230 e. The molecule has 0 aliphatic carbocycles. The van der Waals surface area contributed by atoms with Gasteiger partial charge in [0.15, 0.2) is 0 Å². The molecule has 0 aliphatic rings. The molecule has 8 heteroatoms. The Bertz CT molecular complexity index is 1170. The van der Waals surface area contributed by atoms with Gasteiger partial charge in [-0.05, 0) is 58.8 Å². The van der Waals surface area contributed by atoms with Gasteiger partial charge in [-0.2, -0.15) is 0 Å². The predicted octanol–water partition coefficient (Wildman–Crippen LogP) is 7.81. The molecule has 0 aliphatic heterocycles. The average molecular weight is 508 g/mol.